The molecule has 0 bridgehead atoms. The van der Waals surface area contributed by atoms with Gasteiger partial charge in [0.15, 0.2) is 0 Å². The lowest BCUT2D eigenvalue weighted by molar-refractivity contribution is -0.0111. The van der Waals surface area contributed by atoms with E-state index >= 15 is 0 Å². The summed E-state index contributed by atoms with van der Waals surface area (Å²) in [6.07, 6.45) is 3.29. The summed E-state index contributed by atoms with van der Waals surface area (Å²) in [5, 5.41) is 8.85. The first-order valence-corrected chi connectivity index (χ1v) is 5.73. The number of rotatable bonds is 3. The van der Waals surface area contributed by atoms with Crippen LogP contribution in [0.1, 0.15) is 24.8 Å². The Kier molecular flexibility index (Phi) is 3.94. The molecule has 1 aliphatic rings. The van der Waals surface area contributed by atoms with E-state index in [0.717, 1.165) is 25.9 Å². The number of nitrogens with zero attached hydrogens (tertiary/aromatic N) is 1. The first-order chi connectivity index (χ1) is 8.29. The van der Waals surface area contributed by atoms with Crippen LogP contribution < -0.4 is 4.74 Å². The van der Waals surface area contributed by atoms with Gasteiger partial charge >= 0.3 is 0 Å². The third kappa shape index (κ3) is 3.18. The number of hydrogen-bond acceptors (Lipinski definition) is 3. The normalized spacial score (nSPS) is 19.6. The molecule has 1 atom stereocenters. The number of halogens is 1. The molecule has 1 unspecified atom stereocenters. The van der Waals surface area contributed by atoms with Crippen LogP contribution in [0.3, 0.4) is 0 Å². The molecular formula is C13H14FNO2. The molecule has 1 aliphatic heterocycles. The van der Waals surface area contributed by atoms with Gasteiger partial charge in [0.2, 0.25) is 0 Å². The van der Waals surface area contributed by atoms with Gasteiger partial charge in [-0.2, -0.15) is 5.26 Å². The lowest BCUT2D eigenvalue weighted by Gasteiger charge is -2.22. The molecule has 1 saturated heterocycles. The van der Waals surface area contributed by atoms with Gasteiger partial charge in [-0.1, -0.05) is 0 Å². The Morgan fingerprint density at radius 2 is 2.35 bits per heavy atom. The maximum absolute atomic E-state index is 12.9. The Hall–Kier alpha value is -1.60. The Balaban J connectivity index is 1.96. The maximum Gasteiger partial charge on any atom is 0.137 e. The van der Waals surface area contributed by atoms with Gasteiger partial charge in [0.25, 0.3) is 0 Å². The van der Waals surface area contributed by atoms with Crippen LogP contribution in [-0.4, -0.2) is 19.3 Å². The molecule has 4 heteroatoms. The van der Waals surface area contributed by atoms with Crippen LogP contribution in [0.25, 0.3) is 0 Å². The molecule has 3 nitrogen and oxygen atoms in total. The van der Waals surface area contributed by atoms with E-state index in [9.17, 15) is 4.39 Å². The highest BCUT2D eigenvalue weighted by molar-refractivity contribution is 5.43. The van der Waals surface area contributed by atoms with E-state index < -0.39 is 5.82 Å². The topological polar surface area (TPSA) is 42.2 Å². The van der Waals surface area contributed by atoms with Gasteiger partial charge in [0, 0.05) is 6.61 Å². The molecule has 1 heterocycles. The van der Waals surface area contributed by atoms with Gasteiger partial charge in [-0.05, 0) is 37.5 Å². The SMILES string of the molecule is N#Cc1cc(F)ccc1OCC1CCCCO1. The van der Waals surface area contributed by atoms with E-state index in [1.807, 2.05) is 6.07 Å². The molecule has 1 fully saturated rings. The zero-order chi connectivity index (χ0) is 12.1. The van der Waals surface area contributed by atoms with E-state index in [4.69, 9.17) is 14.7 Å². The smallest absolute Gasteiger partial charge is 0.137 e. The number of nitriles is 1. The van der Waals surface area contributed by atoms with Crippen molar-refractivity contribution in [1.29, 1.82) is 5.26 Å². The van der Waals surface area contributed by atoms with Crippen molar-refractivity contribution in [3.63, 3.8) is 0 Å². The largest absolute Gasteiger partial charge is 0.489 e. The standard InChI is InChI=1S/C13H14FNO2/c14-11-4-5-13(10(7-11)8-15)17-9-12-3-1-2-6-16-12/h4-5,7,12H,1-3,6,9H2. The first-order valence-electron chi connectivity index (χ1n) is 5.73. The van der Waals surface area contributed by atoms with Crippen molar-refractivity contribution >= 4 is 0 Å². The second kappa shape index (κ2) is 5.65. The summed E-state index contributed by atoms with van der Waals surface area (Å²) in [7, 11) is 0. The summed E-state index contributed by atoms with van der Waals surface area (Å²) >= 11 is 0. The third-order valence-electron chi connectivity index (χ3n) is 2.76. The monoisotopic (exact) mass is 235 g/mol. The summed E-state index contributed by atoms with van der Waals surface area (Å²) in [6.45, 7) is 1.18. The lowest BCUT2D eigenvalue weighted by atomic mass is 10.1. The van der Waals surface area contributed by atoms with Crippen LogP contribution >= 0.6 is 0 Å². The summed E-state index contributed by atoms with van der Waals surface area (Å²) < 4.78 is 23.9. The van der Waals surface area contributed by atoms with Gasteiger partial charge in [-0.25, -0.2) is 4.39 Å². The van der Waals surface area contributed by atoms with Crippen LogP contribution in [0.15, 0.2) is 18.2 Å². The minimum absolute atomic E-state index is 0.0837. The Labute approximate surface area is 99.8 Å². The zero-order valence-corrected chi connectivity index (χ0v) is 9.49. The quantitative estimate of drug-likeness (QED) is 0.808. The van der Waals surface area contributed by atoms with Crippen LogP contribution in [0.4, 0.5) is 4.39 Å². The van der Waals surface area contributed by atoms with Crippen molar-refractivity contribution in [2.45, 2.75) is 25.4 Å². The van der Waals surface area contributed by atoms with E-state index in [2.05, 4.69) is 0 Å². The summed E-state index contributed by atoms with van der Waals surface area (Å²) in [5.74, 6) is -0.00844. The van der Waals surface area contributed by atoms with Gasteiger partial charge in [0.1, 0.15) is 24.2 Å². The summed E-state index contributed by atoms with van der Waals surface area (Å²) in [5.41, 5.74) is 0.223. The molecule has 0 spiro atoms. The van der Waals surface area contributed by atoms with Gasteiger partial charge < -0.3 is 9.47 Å². The van der Waals surface area contributed by atoms with Crippen molar-refractivity contribution in [2.24, 2.45) is 0 Å². The molecule has 0 saturated carbocycles. The van der Waals surface area contributed by atoms with Gasteiger partial charge in [-0.15, -0.1) is 0 Å². The fraction of sp³-hybridized carbons (Fsp3) is 0.462. The Morgan fingerprint density at radius 3 is 3.06 bits per heavy atom. The Bertz CT molecular complexity index is 422. The van der Waals surface area contributed by atoms with Crippen LogP contribution in [0, 0.1) is 17.1 Å². The molecule has 0 aromatic heterocycles. The summed E-state index contributed by atoms with van der Waals surface area (Å²) in [6, 6.07) is 5.87. The van der Waals surface area contributed by atoms with Crippen LogP contribution in [-0.2, 0) is 4.74 Å². The molecule has 2 rings (SSSR count). The summed E-state index contributed by atoms with van der Waals surface area (Å²) in [4.78, 5) is 0. The third-order valence-corrected chi connectivity index (χ3v) is 2.76. The van der Waals surface area contributed by atoms with E-state index in [1.165, 1.54) is 18.2 Å². The lowest BCUT2D eigenvalue weighted by Crippen LogP contribution is -2.25. The van der Waals surface area contributed by atoms with Gasteiger partial charge in [-0.3, -0.25) is 0 Å². The molecular weight excluding hydrogens is 221 g/mol. The second-order valence-electron chi connectivity index (χ2n) is 4.05. The molecule has 0 aliphatic carbocycles. The number of benzene rings is 1. The number of hydrogen-bond donors (Lipinski definition) is 0. The molecule has 17 heavy (non-hydrogen) atoms. The predicted molar refractivity (Wildman–Crippen MR) is 60.2 cm³/mol. The van der Waals surface area contributed by atoms with Gasteiger partial charge in [0.05, 0.1) is 11.7 Å². The zero-order valence-electron chi connectivity index (χ0n) is 9.49. The highest BCUT2D eigenvalue weighted by Crippen LogP contribution is 2.20. The molecule has 90 valence electrons. The van der Waals surface area contributed by atoms with E-state index in [-0.39, 0.29) is 11.7 Å². The van der Waals surface area contributed by atoms with Crippen LogP contribution in [0.5, 0.6) is 5.75 Å². The molecule has 0 amide bonds. The second-order valence-corrected chi connectivity index (χ2v) is 4.05. The Morgan fingerprint density at radius 1 is 1.47 bits per heavy atom. The molecule has 1 aromatic carbocycles. The molecule has 0 N–H and O–H groups in total. The maximum atomic E-state index is 12.9. The predicted octanol–water partition coefficient (Wildman–Crippen LogP) is 2.65. The van der Waals surface area contributed by atoms with Crippen molar-refractivity contribution in [1.82, 2.24) is 0 Å². The fourth-order valence-electron chi connectivity index (χ4n) is 1.84. The van der Waals surface area contributed by atoms with Crippen LogP contribution in [0.2, 0.25) is 0 Å². The van der Waals surface area contributed by atoms with Crippen molar-refractivity contribution in [3.8, 4) is 11.8 Å². The average molecular weight is 235 g/mol. The van der Waals surface area contributed by atoms with Crippen molar-refractivity contribution < 1.29 is 13.9 Å². The molecule has 0 radical (unpaired) electrons. The average Bonchev–Trinajstić information content (AvgIpc) is 2.38. The fourth-order valence-corrected chi connectivity index (χ4v) is 1.84. The van der Waals surface area contributed by atoms with E-state index in [1.54, 1.807) is 0 Å². The minimum Gasteiger partial charge on any atom is -0.489 e. The van der Waals surface area contributed by atoms with Crippen molar-refractivity contribution in [3.05, 3.63) is 29.6 Å². The highest BCUT2D eigenvalue weighted by atomic mass is 19.1. The minimum atomic E-state index is -0.428. The van der Waals surface area contributed by atoms with Crippen molar-refractivity contribution in [2.75, 3.05) is 13.2 Å². The molecule has 1 aromatic rings. The van der Waals surface area contributed by atoms with E-state index in [0.29, 0.717) is 12.4 Å². The number of ether oxygens (including phenoxy) is 2. The highest BCUT2D eigenvalue weighted by Gasteiger charge is 2.15. The first kappa shape index (κ1) is 11.9.